The smallest absolute Gasteiger partial charge is 0.265 e. The van der Waals surface area contributed by atoms with Gasteiger partial charge in [0.1, 0.15) is 0 Å². The van der Waals surface area contributed by atoms with Gasteiger partial charge in [-0.25, -0.2) is 13.1 Å². The Labute approximate surface area is 258 Å². The van der Waals surface area contributed by atoms with Crippen molar-refractivity contribution < 1.29 is 22.5 Å². The van der Waals surface area contributed by atoms with Crippen LogP contribution in [0.25, 0.3) is 22.8 Å². The quantitative estimate of drug-likeness (QED) is 0.177. The van der Waals surface area contributed by atoms with Crippen LogP contribution >= 0.6 is 0 Å². The zero-order chi connectivity index (χ0) is 31.9. The lowest BCUT2D eigenvalue weighted by molar-refractivity contribution is -0.120. The summed E-state index contributed by atoms with van der Waals surface area (Å²) in [4.78, 5) is 32.5. The molecule has 0 aliphatic rings. The normalized spacial score (nSPS) is 11.5. The van der Waals surface area contributed by atoms with Gasteiger partial charge in [-0.1, -0.05) is 57.1 Å². The zero-order valence-electron chi connectivity index (χ0n) is 25.7. The van der Waals surface area contributed by atoms with Gasteiger partial charge in [0.25, 0.3) is 21.8 Å². The van der Waals surface area contributed by atoms with Gasteiger partial charge in [-0.3, -0.25) is 9.59 Å². The summed E-state index contributed by atoms with van der Waals surface area (Å²) in [6.45, 7) is 9.18. The number of nitrogens with one attached hydrogen (secondary N) is 2. The van der Waals surface area contributed by atoms with Crippen molar-refractivity contribution in [3.05, 3.63) is 78.4 Å². The van der Waals surface area contributed by atoms with Crippen LogP contribution in [0.3, 0.4) is 0 Å². The van der Waals surface area contributed by atoms with Crippen molar-refractivity contribution in [1.82, 2.24) is 14.9 Å². The van der Waals surface area contributed by atoms with Gasteiger partial charge in [0.05, 0.1) is 16.3 Å². The van der Waals surface area contributed by atoms with Gasteiger partial charge in [-0.2, -0.15) is 4.98 Å². The van der Waals surface area contributed by atoms with Crippen LogP contribution in [0.5, 0.6) is 0 Å². The van der Waals surface area contributed by atoms with Crippen molar-refractivity contribution in [2.45, 2.75) is 51.9 Å². The number of amides is 2. The van der Waals surface area contributed by atoms with Gasteiger partial charge < -0.3 is 14.7 Å². The molecule has 0 aliphatic heterocycles. The first-order valence-corrected chi connectivity index (χ1v) is 16.2. The molecule has 10 nitrogen and oxygen atoms in total. The minimum absolute atomic E-state index is 0.0151. The second-order valence-electron chi connectivity index (χ2n) is 11.1. The molecule has 1 heterocycles. The Morgan fingerprint density at radius 3 is 2.34 bits per heavy atom. The van der Waals surface area contributed by atoms with Gasteiger partial charge in [0.2, 0.25) is 11.7 Å². The number of carbonyl (C=O) groups is 2. The van der Waals surface area contributed by atoms with Crippen LogP contribution in [0, 0.1) is 11.8 Å². The van der Waals surface area contributed by atoms with Crippen molar-refractivity contribution in [3.63, 3.8) is 0 Å². The number of nitrogens with zero attached hydrogens (tertiary/aromatic N) is 3. The highest BCUT2D eigenvalue weighted by atomic mass is 32.2. The van der Waals surface area contributed by atoms with Gasteiger partial charge in [0.15, 0.2) is 0 Å². The predicted octanol–water partition coefficient (Wildman–Crippen LogP) is 6.38. The number of aromatic nitrogens is 2. The van der Waals surface area contributed by atoms with E-state index in [1.165, 1.54) is 24.3 Å². The van der Waals surface area contributed by atoms with Crippen molar-refractivity contribution in [3.8, 4) is 22.8 Å². The fourth-order valence-corrected chi connectivity index (χ4v) is 5.66. The van der Waals surface area contributed by atoms with E-state index in [2.05, 4.69) is 38.9 Å². The number of sulfonamides is 1. The third kappa shape index (κ3) is 7.90. The van der Waals surface area contributed by atoms with E-state index in [-0.39, 0.29) is 28.2 Å². The van der Waals surface area contributed by atoms with Crippen LogP contribution in [-0.2, 0) is 14.8 Å². The predicted molar refractivity (Wildman–Crippen MR) is 172 cm³/mol. The zero-order valence-corrected chi connectivity index (χ0v) is 26.5. The van der Waals surface area contributed by atoms with Gasteiger partial charge in [0, 0.05) is 36.2 Å². The standard InChI is InChI=1S/C33H39N5O5S/c1-6-23(7-2)31(39)34-28-21-24(16-17-29(28)38(5)19-18-22(3)4)30-35-33(43-36-30)26-13-11-12-25(20-26)32(40)37-44(41,42)27-14-9-8-10-15-27/h8-17,20-23H,6-7,18-19H2,1-5H3,(H,34,39)(H,37,40). The average Bonchev–Trinajstić information content (AvgIpc) is 3.51. The molecule has 3 aromatic carbocycles. The fourth-order valence-electron chi connectivity index (χ4n) is 4.67. The lowest BCUT2D eigenvalue weighted by atomic mass is 10.0. The molecule has 0 atom stereocenters. The Balaban J connectivity index is 1.60. The van der Waals surface area contributed by atoms with E-state index in [1.54, 1.807) is 30.3 Å². The van der Waals surface area contributed by atoms with E-state index >= 15 is 0 Å². The summed E-state index contributed by atoms with van der Waals surface area (Å²) in [5.74, 6) is 0.0675. The van der Waals surface area contributed by atoms with E-state index in [0.717, 1.165) is 31.5 Å². The fraction of sp³-hybridized carbons (Fsp3) is 0.333. The minimum atomic E-state index is -4.04. The number of hydrogen-bond donors (Lipinski definition) is 2. The van der Waals surface area contributed by atoms with Crippen LogP contribution in [0.4, 0.5) is 11.4 Å². The summed E-state index contributed by atoms with van der Waals surface area (Å²) in [6, 6.07) is 19.6. The van der Waals surface area contributed by atoms with Crippen LogP contribution in [0.1, 0.15) is 57.3 Å². The Morgan fingerprint density at radius 1 is 0.932 bits per heavy atom. The second-order valence-corrected chi connectivity index (χ2v) is 12.8. The van der Waals surface area contributed by atoms with E-state index in [4.69, 9.17) is 4.52 Å². The molecule has 0 saturated carbocycles. The SMILES string of the molecule is CCC(CC)C(=O)Nc1cc(-c2noc(-c3cccc(C(=O)NS(=O)(=O)c4ccccc4)c3)n2)ccc1N(C)CCC(C)C. The number of carbonyl (C=O) groups excluding carboxylic acids is 2. The Morgan fingerprint density at radius 2 is 1.66 bits per heavy atom. The van der Waals surface area contributed by atoms with E-state index < -0.39 is 15.9 Å². The van der Waals surface area contributed by atoms with Gasteiger partial charge in [-0.05, 0) is 73.7 Å². The average molecular weight is 618 g/mol. The maximum absolute atomic E-state index is 13.1. The van der Waals surface area contributed by atoms with Crippen LogP contribution in [0.2, 0.25) is 0 Å². The molecular formula is C33H39N5O5S. The molecule has 0 unspecified atom stereocenters. The van der Waals surface area contributed by atoms with Crippen molar-refractivity contribution in [2.24, 2.45) is 11.8 Å². The lowest BCUT2D eigenvalue weighted by Crippen LogP contribution is -2.30. The second kappa shape index (κ2) is 14.3. The van der Waals surface area contributed by atoms with Gasteiger partial charge in [-0.15, -0.1) is 0 Å². The van der Waals surface area contributed by atoms with Crippen LogP contribution < -0.4 is 14.9 Å². The van der Waals surface area contributed by atoms with Crippen LogP contribution in [0.15, 0.2) is 82.2 Å². The summed E-state index contributed by atoms with van der Waals surface area (Å²) in [5, 5.41) is 7.27. The molecule has 11 heteroatoms. The number of hydrogen-bond acceptors (Lipinski definition) is 8. The number of rotatable bonds is 13. The Hall–Kier alpha value is -4.51. The maximum atomic E-state index is 13.1. The Bertz CT molecular complexity index is 1700. The number of anilines is 2. The molecule has 44 heavy (non-hydrogen) atoms. The van der Waals surface area contributed by atoms with Crippen molar-refractivity contribution in [1.29, 1.82) is 0 Å². The highest BCUT2D eigenvalue weighted by Crippen LogP contribution is 2.32. The molecule has 0 spiro atoms. The number of benzene rings is 3. The monoisotopic (exact) mass is 617 g/mol. The lowest BCUT2D eigenvalue weighted by Gasteiger charge is -2.25. The first-order chi connectivity index (χ1) is 21.0. The molecule has 2 amide bonds. The molecule has 0 bridgehead atoms. The maximum Gasteiger partial charge on any atom is 0.265 e. The van der Waals surface area contributed by atoms with Crippen molar-refractivity contribution in [2.75, 3.05) is 23.8 Å². The topological polar surface area (TPSA) is 134 Å². The molecule has 0 aliphatic carbocycles. The summed E-state index contributed by atoms with van der Waals surface area (Å²) >= 11 is 0. The van der Waals surface area contributed by atoms with E-state index in [0.29, 0.717) is 28.6 Å². The van der Waals surface area contributed by atoms with Gasteiger partial charge >= 0.3 is 0 Å². The molecule has 0 fully saturated rings. The van der Waals surface area contributed by atoms with Crippen molar-refractivity contribution >= 4 is 33.2 Å². The molecule has 0 radical (unpaired) electrons. The third-order valence-corrected chi connectivity index (χ3v) is 8.75. The van der Waals surface area contributed by atoms with E-state index in [1.807, 2.05) is 39.1 Å². The summed E-state index contributed by atoms with van der Waals surface area (Å²) in [7, 11) is -2.04. The third-order valence-electron chi connectivity index (χ3n) is 7.40. The minimum Gasteiger partial charge on any atom is -0.373 e. The molecule has 4 rings (SSSR count). The summed E-state index contributed by atoms with van der Waals surface area (Å²) < 4.78 is 32.9. The molecule has 0 saturated heterocycles. The highest BCUT2D eigenvalue weighted by Gasteiger charge is 2.21. The first kappa shape index (κ1) is 32.4. The highest BCUT2D eigenvalue weighted by molar-refractivity contribution is 7.90. The molecule has 2 N–H and O–H groups in total. The molecule has 4 aromatic rings. The summed E-state index contributed by atoms with van der Waals surface area (Å²) in [6.07, 6.45) is 2.48. The van der Waals surface area contributed by atoms with E-state index in [9.17, 15) is 18.0 Å². The largest absolute Gasteiger partial charge is 0.373 e. The Kier molecular flexibility index (Phi) is 10.5. The molecule has 232 valence electrons. The molecular weight excluding hydrogens is 578 g/mol. The molecule has 1 aromatic heterocycles. The first-order valence-electron chi connectivity index (χ1n) is 14.7. The van der Waals surface area contributed by atoms with Crippen LogP contribution in [-0.4, -0.2) is 44.0 Å². The summed E-state index contributed by atoms with van der Waals surface area (Å²) in [5.41, 5.74) is 2.75.